The van der Waals surface area contributed by atoms with E-state index in [4.69, 9.17) is 5.73 Å². The van der Waals surface area contributed by atoms with Crippen molar-refractivity contribution in [2.24, 2.45) is 5.73 Å². The van der Waals surface area contributed by atoms with Gasteiger partial charge in [-0.3, -0.25) is 0 Å². The van der Waals surface area contributed by atoms with Crippen LogP contribution < -0.4 is 11.1 Å². The zero-order chi connectivity index (χ0) is 22.6. The van der Waals surface area contributed by atoms with Gasteiger partial charge < -0.3 is 11.1 Å². The van der Waals surface area contributed by atoms with E-state index >= 15 is 0 Å². The number of rotatable bonds is 4. The number of benzene rings is 3. The second-order valence-corrected chi connectivity index (χ2v) is 9.02. The van der Waals surface area contributed by atoms with E-state index in [1.165, 1.54) is 27.9 Å². The summed E-state index contributed by atoms with van der Waals surface area (Å²) in [7, 11) is 0. The molecule has 0 aliphatic carbocycles. The number of aromatic nitrogens is 4. The van der Waals surface area contributed by atoms with Crippen LogP contribution in [0.3, 0.4) is 0 Å². The van der Waals surface area contributed by atoms with Crippen LogP contribution in [0.2, 0.25) is 0 Å². The van der Waals surface area contributed by atoms with E-state index in [1.807, 2.05) is 29.2 Å². The monoisotopic (exact) mass is 506 g/mol. The lowest BCUT2D eigenvalue weighted by molar-refractivity contribution is 0.629. The van der Waals surface area contributed by atoms with Crippen LogP contribution in [-0.4, -0.2) is 19.9 Å². The molecule has 6 nitrogen and oxygen atoms in total. The number of nitrogens with two attached hydrogens (primary N) is 1. The molecule has 35 heavy (non-hydrogen) atoms. The second-order valence-electron chi connectivity index (χ2n) is 7.25. The number of hydrogen-bond acceptors (Lipinski definition) is 8. The average Bonchev–Trinajstić information content (AvgIpc) is 3.51. The molecule has 3 aromatic carbocycles. The van der Waals surface area contributed by atoms with Gasteiger partial charge in [0.05, 0.1) is 37.0 Å². The Morgan fingerprint density at radius 1 is 0.743 bits per heavy atom. The summed E-state index contributed by atoms with van der Waals surface area (Å²) in [6, 6.07) is 16.8. The molecular weight excluding hydrogens is 479 g/mol. The first-order valence-electron chi connectivity index (χ1n) is 10.2. The largest absolute Gasteiger partial charge is 0.365 e. The van der Waals surface area contributed by atoms with Gasteiger partial charge in [0.15, 0.2) is 0 Å². The number of thiazole rings is 2. The van der Waals surface area contributed by atoms with Gasteiger partial charge in [0, 0.05) is 18.5 Å². The lowest BCUT2D eigenvalue weighted by atomic mass is 10.2. The van der Waals surface area contributed by atoms with Gasteiger partial charge in [0.1, 0.15) is 18.0 Å². The Labute approximate surface area is 211 Å². The highest BCUT2D eigenvalue weighted by Gasteiger charge is 2.06. The van der Waals surface area contributed by atoms with Crippen molar-refractivity contribution in [3.63, 3.8) is 0 Å². The van der Waals surface area contributed by atoms with E-state index in [-0.39, 0.29) is 20.7 Å². The molecule has 0 amide bonds. The average molecular weight is 507 g/mol. The van der Waals surface area contributed by atoms with Crippen molar-refractivity contribution in [3.05, 3.63) is 88.9 Å². The van der Waals surface area contributed by atoms with Crippen LogP contribution in [0.25, 0.3) is 31.3 Å². The van der Waals surface area contributed by atoms with Crippen molar-refractivity contribution in [1.29, 1.82) is 0 Å². The Morgan fingerprint density at radius 3 is 2.09 bits per heavy atom. The molecule has 0 atom stereocenters. The molecule has 0 fully saturated rings. The minimum Gasteiger partial charge on any atom is -0.365 e. The van der Waals surface area contributed by atoms with Gasteiger partial charge in [-0.15, -0.1) is 22.7 Å². The van der Waals surface area contributed by atoms with Gasteiger partial charge in [-0.2, -0.15) is 0 Å². The quantitative estimate of drug-likeness (QED) is 0.267. The first-order chi connectivity index (χ1) is 16.2. The molecule has 6 rings (SSSR count). The lowest BCUT2D eigenvalue weighted by Crippen LogP contribution is -2.02. The van der Waals surface area contributed by atoms with Gasteiger partial charge in [-0.1, -0.05) is 27.0 Å². The van der Waals surface area contributed by atoms with Gasteiger partial charge in [-0.25, -0.2) is 24.3 Å². The number of halogens is 1. The summed E-state index contributed by atoms with van der Waals surface area (Å²) in [4.78, 5) is 16.9. The highest BCUT2D eigenvalue weighted by Crippen LogP contribution is 2.23. The van der Waals surface area contributed by atoms with Gasteiger partial charge in [0.2, 0.25) is 0 Å². The molecule has 6 aromatic rings. The molecular formula is C26H27FN6S2. The van der Waals surface area contributed by atoms with E-state index in [0.717, 1.165) is 22.2 Å². The molecule has 0 bridgehead atoms. The summed E-state index contributed by atoms with van der Waals surface area (Å²) in [5, 5.41) is 3.92. The minimum absolute atomic E-state index is 0. The summed E-state index contributed by atoms with van der Waals surface area (Å²) in [6.07, 6.45) is 1.48. The van der Waals surface area contributed by atoms with Crippen LogP contribution in [-0.2, 0) is 13.1 Å². The fourth-order valence-corrected chi connectivity index (χ4v) is 4.72. The third kappa shape index (κ3) is 5.94. The van der Waals surface area contributed by atoms with Crippen LogP contribution in [0.1, 0.15) is 26.0 Å². The van der Waals surface area contributed by atoms with Crippen molar-refractivity contribution >= 4 is 59.8 Å². The van der Waals surface area contributed by atoms with Crippen LogP contribution in [0.15, 0.2) is 71.9 Å². The molecule has 0 radical (unpaired) electrons. The Morgan fingerprint density at radius 2 is 1.40 bits per heavy atom. The predicted octanol–water partition coefficient (Wildman–Crippen LogP) is 7.02. The zero-order valence-corrected chi connectivity index (χ0v) is 19.0. The maximum Gasteiger partial charge on any atom is 0.137 e. The topological polar surface area (TPSA) is 89.6 Å². The molecule has 3 N–H and O–H groups in total. The number of hydrogen-bond donors (Lipinski definition) is 2. The van der Waals surface area contributed by atoms with Crippen LogP contribution in [0.5, 0.6) is 0 Å². The van der Waals surface area contributed by atoms with Crippen molar-refractivity contribution in [1.82, 2.24) is 19.9 Å². The molecule has 9 heteroatoms. The number of fused-ring (bicyclic) bond motifs is 3. The molecule has 180 valence electrons. The number of anilines is 1. The lowest BCUT2D eigenvalue weighted by Gasteiger charge is -2.08. The first-order valence-corrected chi connectivity index (χ1v) is 11.9. The molecule has 0 aliphatic heterocycles. The van der Waals surface area contributed by atoms with Crippen molar-refractivity contribution < 1.29 is 4.39 Å². The summed E-state index contributed by atoms with van der Waals surface area (Å²) in [5.74, 6) is 0.331. The smallest absolute Gasteiger partial charge is 0.137 e. The zero-order valence-electron chi connectivity index (χ0n) is 17.4. The van der Waals surface area contributed by atoms with E-state index in [9.17, 15) is 4.39 Å². The van der Waals surface area contributed by atoms with Crippen LogP contribution >= 0.6 is 22.7 Å². The minimum atomic E-state index is -0.297. The van der Waals surface area contributed by atoms with E-state index in [2.05, 4.69) is 43.5 Å². The second kappa shape index (κ2) is 11.7. The predicted molar refractivity (Wildman–Crippen MR) is 147 cm³/mol. The third-order valence-electron chi connectivity index (χ3n) is 5.08. The fourth-order valence-electron chi connectivity index (χ4n) is 3.40. The SMILES string of the molecule is C.C.Fc1ccc2ncnc(NCc3ccc4scnc4c3)c2c1.NCc1ccc2scnc2c1. The maximum absolute atomic E-state index is 13.4. The molecule has 0 saturated heterocycles. The fraction of sp³-hybridized carbons (Fsp3) is 0.154. The molecule has 0 spiro atoms. The summed E-state index contributed by atoms with van der Waals surface area (Å²) in [6.45, 7) is 1.18. The standard InChI is InChI=1S/C16H11FN4S.C8H8N2S.2CH4/c17-11-2-3-13-12(6-11)16(20-8-19-13)18-7-10-1-4-15-14(5-10)21-9-22-15;9-4-6-1-2-8-7(3-6)10-5-11-8;;/h1-6,8-9H,7H2,(H,18,19,20);1-3,5H,4,9H2;2*1H4. The highest BCUT2D eigenvalue weighted by molar-refractivity contribution is 7.17. The Hall–Kier alpha value is -3.53. The molecule has 0 unspecified atom stereocenters. The van der Waals surface area contributed by atoms with Crippen molar-refractivity contribution in [2.45, 2.75) is 27.9 Å². The Kier molecular flexibility index (Phi) is 8.75. The van der Waals surface area contributed by atoms with Crippen LogP contribution in [0.4, 0.5) is 10.2 Å². The van der Waals surface area contributed by atoms with E-state index in [0.29, 0.717) is 29.8 Å². The summed E-state index contributed by atoms with van der Waals surface area (Å²) in [5.41, 5.74) is 14.2. The maximum atomic E-state index is 13.4. The molecule has 0 saturated carbocycles. The van der Waals surface area contributed by atoms with Crippen LogP contribution in [0, 0.1) is 5.82 Å². The molecule has 3 heterocycles. The first kappa shape index (κ1) is 26.1. The number of nitrogens with zero attached hydrogens (tertiary/aromatic N) is 4. The number of nitrogens with one attached hydrogen (secondary N) is 1. The summed E-state index contributed by atoms with van der Waals surface area (Å²) < 4.78 is 15.8. The van der Waals surface area contributed by atoms with Gasteiger partial charge in [0.25, 0.3) is 0 Å². The Bertz CT molecular complexity index is 1550. The van der Waals surface area contributed by atoms with Gasteiger partial charge in [-0.05, 0) is 53.6 Å². The third-order valence-corrected chi connectivity index (χ3v) is 6.70. The Balaban J connectivity index is 0.000000224. The highest BCUT2D eigenvalue weighted by atomic mass is 32.1. The van der Waals surface area contributed by atoms with E-state index < -0.39 is 0 Å². The molecule has 0 aliphatic rings. The summed E-state index contributed by atoms with van der Waals surface area (Å²) >= 11 is 3.27. The van der Waals surface area contributed by atoms with E-state index in [1.54, 1.807) is 28.7 Å². The molecule has 3 aromatic heterocycles. The van der Waals surface area contributed by atoms with Crippen molar-refractivity contribution in [3.8, 4) is 0 Å². The van der Waals surface area contributed by atoms with Crippen molar-refractivity contribution in [2.75, 3.05) is 5.32 Å². The van der Waals surface area contributed by atoms with Gasteiger partial charge >= 0.3 is 0 Å². The normalized spacial score (nSPS) is 10.3.